The van der Waals surface area contributed by atoms with E-state index in [2.05, 4.69) is 0 Å². The molecule has 0 heterocycles. The Bertz CT molecular complexity index is 410. The average Bonchev–Trinajstić information content (AvgIpc) is 2.38. The van der Waals surface area contributed by atoms with E-state index in [0.717, 1.165) is 22.5 Å². The van der Waals surface area contributed by atoms with E-state index in [1.54, 1.807) is 0 Å². The molecule has 4 heteroatoms. The lowest BCUT2D eigenvalue weighted by Gasteiger charge is -2.24. The third-order valence-electron chi connectivity index (χ3n) is 3.00. The molecule has 0 radical (unpaired) electrons. The van der Waals surface area contributed by atoms with Gasteiger partial charge in [0.15, 0.2) is 0 Å². The van der Waals surface area contributed by atoms with Gasteiger partial charge in [-0.15, -0.1) is 0 Å². The molecule has 4 N–H and O–H groups in total. The summed E-state index contributed by atoms with van der Waals surface area (Å²) in [5.74, 6) is 0. The molecular weight excluding hydrogens is 228 g/mol. The Morgan fingerprint density at radius 2 is 1.89 bits per heavy atom. The summed E-state index contributed by atoms with van der Waals surface area (Å²) >= 11 is 0. The summed E-state index contributed by atoms with van der Waals surface area (Å²) in [6.07, 6.45) is 2.01. The molecule has 0 amide bonds. The van der Waals surface area contributed by atoms with Crippen LogP contribution in [0.25, 0.3) is 5.57 Å². The number of nitrogen functional groups attached to an aromatic ring is 1. The van der Waals surface area contributed by atoms with E-state index in [-0.39, 0.29) is 13.2 Å². The summed E-state index contributed by atoms with van der Waals surface area (Å²) in [6.45, 7) is 5.10. The zero-order chi connectivity index (χ0) is 13.5. The zero-order valence-corrected chi connectivity index (χ0v) is 11.1. The first-order valence-electron chi connectivity index (χ1n) is 6.13. The number of allylic oxidation sites excluding steroid dienone is 2. The Balaban J connectivity index is 3.08. The Labute approximate surface area is 108 Å². The van der Waals surface area contributed by atoms with E-state index < -0.39 is 0 Å². The molecule has 0 atom stereocenters. The molecule has 0 aliphatic heterocycles. The van der Waals surface area contributed by atoms with Gasteiger partial charge in [0.05, 0.1) is 13.2 Å². The Hall–Kier alpha value is -1.52. The molecular formula is C14H22N2O2. The highest BCUT2D eigenvalue weighted by atomic mass is 16.3. The molecule has 0 aliphatic rings. The summed E-state index contributed by atoms with van der Waals surface area (Å²) in [5, 5.41) is 18.1. The van der Waals surface area contributed by atoms with E-state index >= 15 is 0 Å². The van der Waals surface area contributed by atoms with E-state index in [4.69, 9.17) is 15.9 Å². The zero-order valence-electron chi connectivity index (χ0n) is 11.1. The minimum absolute atomic E-state index is 0.0578. The SMILES string of the molecule is C/C=C(/C)c1cc(N(CCO)CCO)ccc1N. The maximum Gasteiger partial charge on any atom is 0.0606 e. The van der Waals surface area contributed by atoms with Gasteiger partial charge in [-0.05, 0) is 37.6 Å². The molecule has 0 aromatic heterocycles. The average molecular weight is 250 g/mol. The van der Waals surface area contributed by atoms with Crippen molar-refractivity contribution in [3.63, 3.8) is 0 Å². The van der Waals surface area contributed by atoms with Gasteiger partial charge in [0.1, 0.15) is 0 Å². The van der Waals surface area contributed by atoms with E-state index in [1.165, 1.54) is 0 Å². The number of benzene rings is 1. The molecule has 0 saturated carbocycles. The molecule has 18 heavy (non-hydrogen) atoms. The first-order valence-corrected chi connectivity index (χ1v) is 6.13. The van der Waals surface area contributed by atoms with E-state index in [1.807, 2.05) is 43.0 Å². The second kappa shape index (κ2) is 7.03. The van der Waals surface area contributed by atoms with Crippen LogP contribution in [-0.4, -0.2) is 36.5 Å². The van der Waals surface area contributed by atoms with Gasteiger partial charge in [0, 0.05) is 30.0 Å². The molecule has 4 nitrogen and oxygen atoms in total. The van der Waals surface area contributed by atoms with E-state index in [9.17, 15) is 0 Å². The van der Waals surface area contributed by atoms with Crippen molar-refractivity contribution in [1.82, 2.24) is 0 Å². The van der Waals surface area contributed by atoms with E-state index in [0.29, 0.717) is 13.1 Å². The van der Waals surface area contributed by atoms with Crippen LogP contribution in [-0.2, 0) is 0 Å². The van der Waals surface area contributed by atoms with Crippen molar-refractivity contribution in [1.29, 1.82) is 0 Å². The third-order valence-corrected chi connectivity index (χ3v) is 3.00. The van der Waals surface area contributed by atoms with Gasteiger partial charge >= 0.3 is 0 Å². The minimum atomic E-state index is 0.0578. The fourth-order valence-electron chi connectivity index (χ4n) is 1.85. The van der Waals surface area contributed by atoms with Crippen molar-refractivity contribution < 1.29 is 10.2 Å². The van der Waals surface area contributed by atoms with Crippen molar-refractivity contribution in [2.45, 2.75) is 13.8 Å². The maximum atomic E-state index is 9.04. The van der Waals surface area contributed by atoms with Crippen LogP contribution in [0.5, 0.6) is 0 Å². The number of nitrogens with zero attached hydrogens (tertiary/aromatic N) is 1. The Morgan fingerprint density at radius 1 is 1.28 bits per heavy atom. The van der Waals surface area contributed by atoms with Crippen LogP contribution in [0.3, 0.4) is 0 Å². The number of hydrogen-bond acceptors (Lipinski definition) is 4. The van der Waals surface area contributed by atoms with Crippen molar-refractivity contribution in [2.75, 3.05) is 36.9 Å². The highest BCUT2D eigenvalue weighted by molar-refractivity contribution is 5.77. The quantitative estimate of drug-likeness (QED) is 0.669. The number of anilines is 2. The van der Waals surface area contributed by atoms with Crippen LogP contribution in [0.4, 0.5) is 11.4 Å². The van der Waals surface area contributed by atoms with Gasteiger partial charge in [-0.3, -0.25) is 0 Å². The van der Waals surface area contributed by atoms with Crippen LogP contribution in [0.1, 0.15) is 19.4 Å². The Kier molecular flexibility index (Phi) is 5.68. The molecule has 1 rings (SSSR count). The lowest BCUT2D eigenvalue weighted by Crippen LogP contribution is -2.29. The normalized spacial score (nSPS) is 11.7. The van der Waals surface area contributed by atoms with Crippen molar-refractivity contribution >= 4 is 16.9 Å². The number of rotatable bonds is 6. The molecule has 0 fully saturated rings. The molecule has 0 aliphatic carbocycles. The summed E-state index contributed by atoms with van der Waals surface area (Å²) in [7, 11) is 0. The summed E-state index contributed by atoms with van der Waals surface area (Å²) < 4.78 is 0. The van der Waals surface area contributed by atoms with Crippen molar-refractivity contribution in [2.24, 2.45) is 0 Å². The van der Waals surface area contributed by atoms with Gasteiger partial charge < -0.3 is 20.8 Å². The summed E-state index contributed by atoms with van der Waals surface area (Å²) in [4.78, 5) is 1.94. The van der Waals surface area contributed by atoms with Gasteiger partial charge in [0.2, 0.25) is 0 Å². The highest BCUT2D eigenvalue weighted by Crippen LogP contribution is 2.26. The number of aliphatic hydroxyl groups is 2. The molecule has 1 aromatic carbocycles. The standard InChI is InChI=1S/C14H22N2O2/c1-3-11(2)13-10-12(4-5-14(13)15)16(6-8-17)7-9-18/h3-5,10,17-18H,6-9,15H2,1-2H3/b11-3-. The first-order chi connectivity index (χ1) is 8.63. The van der Waals surface area contributed by atoms with Crippen LogP contribution in [0, 0.1) is 0 Å². The fourth-order valence-corrected chi connectivity index (χ4v) is 1.85. The maximum absolute atomic E-state index is 9.04. The predicted octanol–water partition coefficient (Wildman–Crippen LogP) is 1.48. The van der Waals surface area contributed by atoms with Crippen LogP contribution in [0.2, 0.25) is 0 Å². The van der Waals surface area contributed by atoms with Gasteiger partial charge in [-0.2, -0.15) is 0 Å². The molecule has 100 valence electrons. The molecule has 0 spiro atoms. The first kappa shape index (κ1) is 14.5. The van der Waals surface area contributed by atoms with Crippen LogP contribution in [0.15, 0.2) is 24.3 Å². The number of nitrogens with two attached hydrogens (primary N) is 1. The lowest BCUT2D eigenvalue weighted by atomic mass is 10.0. The van der Waals surface area contributed by atoms with Gasteiger partial charge in [0.25, 0.3) is 0 Å². The highest BCUT2D eigenvalue weighted by Gasteiger charge is 2.08. The van der Waals surface area contributed by atoms with Gasteiger partial charge in [-0.1, -0.05) is 6.08 Å². The monoisotopic (exact) mass is 250 g/mol. The second-order valence-corrected chi connectivity index (χ2v) is 4.18. The molecule has 1 aromatic rings. The molecule has 0 saturated heterocycles. The third kappa shape index (κ3) is 3.48. The minimum Gasteiger partial charge on any atom is -0.398 e. The van der Waals surface area contributed by atoms with Gasteiger partial charge in [-0.25, -0.2) is 0 Å². The number of aliphatic hydroxyl groups excluding tert-OH is 2. The summed E-state index contributed by atoms with van der Waals surface area (Å²) in [5.41, 5.74) is 9.77. The van der Waals surface area contributed by atoms with Crippen molar-refractivity contribution in [3.05, 3.63) is 29.8 Å². The smallest absolute Gasteiger partial charge is 0.0606 e. The second-order valence-electron chi connectivity index (χ2n) is 4.18. The van der Waals surface area contributed by atoms with Crippen molar-refractivity contribution in [3.8, 4) is 0 Å². The fraction of sp³-hybridized carbons (Fsp3) is 0.429. The number of hydrogen-bond donors (Lipinski definition) is 3. The summed E-state index contributed by atoms with van der Waals surface area (Å²) in [6, 6.07) is 5.77. The lowest BCUT2D eigenvalue weighted by molar-refractivity contribution is 0.281. The van der Waals surface area contributed by atoms with Crippen LogP contribution < -0.4 is 10.6 Å². The largest absolute Gasteiger partial charge is 0.398 e. The topological polar surface area (TPSA) is 69.7 Å². The molecule has 0 bridgehead atoms. The predicted molar refractivity (Wildman–Crippen MR) is 76.6 cm³/mol. The van der Waals surface area contributed by atoms with Crippen LogP contribution >= 0.6 is 0 Å². The Morgan fingerprint density at radius 3 is 2.39 bits per heavy atom. The molecule has 0 unspecified atom stereocenters.